The van der Waals surface area contributed by atoms with Gasteiger partial charge < -0.3 is 19.4 Å². The summed E-state index contributed by atoms with van der Waals surface area (Å²) in [5, 5.41) is 3.39. The molecule has 1 amide bonds. The van der Waals surface area contributed by atoms with E-state index in [0.717, 1.165) is 23.3 Å². The van der Waals surface area contributed by atoms with Crippen LogP contribution in [0.1, 0.15) is 41.2 Å². The second-order valence-electron chi connectivity index (χ2n) is 7.85. The van der Waals surface area contributed by atoms with Crippen molar-refractivity contribution in [2.75, 3.05) is 26.7 Å². The minimum absolute atomic E-state index is 0.0516. The summed E-state index contributed by atoms with van der Waals surface area (Å²) in [7, 11) is 1.84. The fraction of sp³-hybridized carbons (Fsp3) is 0.417. The van der Waals surface area contributed by atoms with Gasteiger partial charge in [0, 0.05) is 32.9 Å². The highest BCUT2D eigenvalue weighted by Gasteiger charge is 2.22. The summed E-state index contributed by atoms with van der Waals surface area (Å²) in [6.07, 6.45) is 2.99. The van der Waals surface area contributed by atoms with Gasteiger partial charge in [0.15, 0.2) is 5.69 Å². The topological polar surface area (TPSA) is 58.9 Å². The second-order valence-corrected chi connectivity index (χ2v) is 7.85. The fourth-order valence-electron chi connectivity index (χ4n) is 3.39. The zero-order chi connectivity index (χ0) is 21.5. The minimum Gasteiger partial charge on any atom is -0.377 e. The first-order chi connectivity index (χ1) is 14.5. The summed E-state index contributed by atoms with van der Waals surface area (Å²) in [6, 6.07) is 14.2. The Labute approximate surface area is 178 Å². The molecule has 3 rings (SSSR count). The quantitative estimate of drug-likeness (QED) is 0.522. The van der Waals surface area contributed by atoms with Crippen LogP contribution in [-0.2, 0) is 17.7 Å². The van der Waals surface area contributed by atoms with Crippen LogP contribution in [0.3, 0.4) is 0 Å². The number of aryl methyl sites for hydroxylation is 1. The fourth-order valence-corrected chi connectivity index (χ4v) is 3.39. The van der Waals surface area contributed by atoms with E-state index in [9.17, 15) is 4.79 Å². The van der Waals surface area contributed by atoms with Crippen LogP contribution in [0.2, 0.25) is 0 Å². The Morgan fingerprint density at radius 1 is 1.20 bits per heavy atom. The van der Waals surface area contributed by atoms with E-state index in [0.29, 0.717) is 31.9 Å². The number of nitrogens with zero attached hydrogens (tertiary/aromatic N) is 3. The monoisotopic (exact) mass is 408 g/mol. The van der Waals surface area contributed by atoms with Crippen LogP contribution in [0.5, 0.6) is 0 Å². The third-order valence-corrected chi connectivity index (χ3v) is 5.09. The van der Waals surface area contributed by atoms with E-state index < -0.39 is 0 Å². The summed E-state index contributed by atoms with van der Waals surface area (Å²) >= 11 is 0. The molecule has 0 bridgehead atoms. The molecule has 160 valence electrons. The third kappa shape index (κ3) is 5.46. The Kier molecular flexibility index (Phi) is 7.60. The molecule has 1 aromatic carbocycles. The first-order valence-electron chi connectivity index (χ1n) is 10.6. The maximum Gasteiger partial charge on any atom is 0.274 e. The van der Waals surface area contributed by atoms with Gasteiger partial charge >= 0.3 is 0 Å². The van der Waals surface area contributed by atoms with Crippen LogP contribution >= 0.6 is 0 Å². The van der Waals surface area contributed by atoms with E-state index in [1.807, 2.05) is 68.7 Å². The number of imidazole rings is 1. The van der Waals surface area contributed by atoms with E-state index in [1.165, 1.54) is 5.56 Å². The van der Waals surface area contributed by atoms with Crippen molar-refractivity contribution in [3.63, 3.8) is 0 Å². The predicted octanol–water partition coefficient (Wildman–Crippen LogP) is 3.47. The van der Waals surface area contributed by atoms with Gasteiger partial charge in [0.05, 0.1) is 18.4 Å². The van der Waals surface area contributed by atoms with Crippen molar-refractivity contribution in [1.82, 2.24) is 19.6 Å². The standard InChI is InChI=1S/C24H32N4O2/c1-18(2)30-16-13-25-17-21-22(26-23-19(3)9-8-14-28(21)23)24(29)27(4)15-12-20-10-6-5-7-11-20/h5-11,14,18,25H,12-13,15-17H2,1-4H3. The number of pyridine rings is 1. The zero-order valence-electron chi connectivity index (χ0n) is 18.4. The Bertz CT molecular complexity index is 966. The van der Waals surface area contributed by atoms with E-state index in [2.05, 4.69) is 17.4 Å². The van der Waals surface area contributed by atoms with E-state index in [4.69, 9.17) is 9.72 Å². The number of fused-ring (bicyclic) bond motifs is 1. The molecule has 1 N–H and O–H groups in total. The number of hydrogen-bond acceptors (Lipinski definition) is 4. The maximum atomic E-state index is 13.2. The Hall–Kier alpha value is -2.70. The molecule has 2 heterocycles. The normalized spacial score (nSPS) is 11.4. The van der Waals surface area contributed by atoms with Crippen molar-refractivity contribution in [1.29, 1.82) is 0 Å². The molecule has 0 aliphatic carbocycles. The van der Waals surface area contributed by atoms with Crippen LogP contribution in [0, 0.1) is 6.92 Å². The molecule has 0 saturated heterocycles. The number of carbonyl (C=O) groups is 1. The number of rotatable bonds is 10. The van der Waals surface area contributed by atoms with Crippen molar-refractivity contribution in [2.45, 2.75) is 39.8 Å². The lowest BCUT2D eigenvalue weighted by Gasteiger charge is -2.17. The van der Waals surface area contributed by atoms with Crippen molar-refractivity contribution in [2.24, 2.45) is 0 Å². The summed E-state index contributed by atoms with van der Waals surface area (Å²) in [4.78, 5) is 19.7. The number of likely N-dealkylation sites (N-methyl/N-ethyl adjacent to an activating group) is 1. The second kappa shape index (κ2) is 10.4. The highest BCUT2D eigenvalue weighted by Crippen LogP contribution is 2.18. The molecular formula is C24H32N4O2. The summed E-state index contributed by atoms with van der Waals surface area (Å²) < 4.78 is 7.62. The molecule has 0 aliphatic rings. The van der Waals surface area contributed by atoms with Crippen molar-refractivity contribution in [3.05, 3.63) is 71.2 Å². The van der Waals surface area contributed by atoms with Gasteiger partial charge in [-0.2, -0.15) is 0 Å². The van der Waals surface area contributed by atoms with Gasteiger partial charge in [-0.1, -0.05) is 36.4 Å². The number of amides is 1. The predicted molar refractivity (Wildman–Crippen MR) is 120 cm³/mol. The van der Waals surface area contributed by atoms with Crippen LogP contribution < -0.4 is 5.32 Å². The van der Waals surface area contributed by atoms with E-state index >= 15 is 0 Å². The molecule has 0 aliphatic heterocycles. The summed E-state index contributed by atoms with van der Waals surface area (Å²) in [6.45, 7) is 8.61. The number of aromatic nitrogens is 2. The maximum absolute atomic E-state index is 13.2. The van der Waals surface area contributed by atoms with Crippen molar-refractivity contribution in [3.8, 4) is 0 Å². The first-order valence-corrected chi connectivity index (χ1v) is 10.6. The molecule has 0 fully saturated rings. The smallest absolute Gasteiger partial charge is 0.274 e. The summed E-state index contributed by atoms with van der Waals surface area (Å²) in [5.74, 6) is -0.0516. The van der Waals surface area contributed by atoms with Crippen molar-refractivity contribution >= 4 is 11.6 Å². The Balaban J connectivity index is 1.75. The lowest BCUT2D eigenvalue weighted by Crippen LogP contribution is -2.31. The van der Waals surface area contributed by atoms with Gasteiger partial charge in [-0.05, 0) is 44.4 Å². The lowest BCUT2D eigenvalue weighted by atomic mass is 10.1. The van der Waals surface area contributed by atoms with Crippen LogP contribution in [0.25, 0.3) is 5.65 Å². The van der Waals surface area contributed by atoms with E-state index in [1.54, 1.807) is 4.90 Å². The molecule has 0 spiro atoms. The molecule has 0 unspecified atom stereocenters. The lowest BCUT2D eigenvalue weighted by molar-refractivity contribution is 0.0789. The molecule has 30 heavy (non-hydrogen) atoms. The number of ether oxygens (including phenoxy) is 1. The molecule has 0 atom stereocenters. The molecule has 6 nitrogen and oxygen atoms in total. The Morgan fingerprint density at radius 3 is 2.70 bits per heavy atom. The average Bonchev–Trinajstić information content (AvgIpc) is 3.11. The minimum atomic E-state index is -0.0516. The van der Waals surface area contributed by atoms with Crippen LogP contribution in [0.4, 0.5) is 0 Å². The highest BCUT2D eigenvalue weighted by molar-refractivity contribution is 5.94. The number of hydrogen-bond donors (Lipinski definition) is 1. The number of benzene rings is 1. The molecule has 2 aromatic heterocycles. The molecule has 0 radical (unpaired) electrons. The highest BCUT2D eigenvalue weighted by atomic mass is 16.5. The van der Waals surface area contributed by atoms with Gasteiger partial charge in [0.2, 0.25) is 0 Å². The molecule has 0 saturated carbocycles. The van der Waals surface area contributed by atoms with Gasteiger partial charge in [0.1, 0.15) is 5.65 Å². The van der Waals surface area contributed by atoms with Crippen molar-refractivity contribution < 1.29 is 9.53 Å². The van der Waals surface area contributed by atoms with E-state index in [-0.39, 0.29) is 12.0 Å². The number of nitrogens with one attached hydrogen (secondary N) is 1. The van der Waals surface area contributed by atoms with Gasteiger partial charge in [0.25, 0.3) is 5.91 Å². The molecule has 3 aromatic rings. The first kappa shape index (κ1) is 22.0. The van der Waals surface area contributed by atoms with Crippen LogP contribution in [-0.4, -0.2) is 53.0 Å². The van der Waals surface area contributed by atoms with Gasteiger partial charge in [-0.15, -0.1) is 0 Å². The molecular weight excluding hydrogens is 376 g/mol. The number of carbonyl (C=O) groups excluding carboxylic acids is 1. The van der Waals surface area contributed by atoms with Crippen LogP contribution in [0.15, 0.2) is 48.7 Å². The third-order valence-electron chi connectivity index (χ3n) is 5.09. The largest absolute Gasteiger partial charge is 0.377 e. The summed E-state index contributed by atoms with van der Waals surface area (Å²) in [5.41, 5.74) is 4.49. The SMILES string of the molecule is Cc1cccn2c(CNCCOC(C)C)c(C(=O)N(C)CCc3ccccc3)nc12. The van der Waals surface area contributed by atoms with Gasteiger partial charge in [-0.3, -0.25) is 4.79 Å². The van der Waals surface area contributed by atoms with Gasteiger partial charge in [-0.25, -0.2) is 4.98 Å². The average molecular weight is 409 g/mol. The Morgan fingerprint density at radius 2 is 1.97 bits per heavy atom. The molecule has 6 heteroatoms. The zero-order valence-corrected chi connectivity index (χ0v) is 18.4.